The fraction of sp³-hybridized carbons (Fsp3) is 0.250. The molecule has 0 amide bonds. The Morgan fingerprint density at radius 2 is 2.20 bits per heavy atom. The highest BCUT2D eigenvalue weighted by Gasteiger charge is 2.25. The van der Waals surface area contributed by atoms with Crippen molar-refractivity contribution in [1.29, 1.82) is 0 Å². The van der Waals surface area contributed by atoms with E-state index in [1.165, 1.54) is 7.11 Å². The van der Waals surface area contributed by atoms with Gasteiger partial charge in [-0.1, -0.05) is 18.2 Å². The van der Waals surface area contributed by atoms with Gasteiger partial charge in [0.05, 0.1) is 0 Å². The van der Waals surface area contributed by atoms with E-state index in [0.29, 0.717) is 0 Å². The standard InChI is InChI=1S/C8H9O2/c1-10-8(7-9)5-3-2-4-6-8/h2-7H,1H3. The van der Waals surface area contributed by atoms with Crippen LogP contribution in [0.15, 0.2) is 24.3 Å². The molecule has 1 aliphatic carbocycles. The predicted molar refractivity (Wildman–Crippen MR) is 38.4 cm³/mol. The zero-order chi connectivity index (χ0) is 7.45. The molecule has 1 radical (unpaired) electrons. The number of rotatable bonds is 2. The van der Waals surface area contributed by atoms with E-state index in [4.69, 9.17) is 4.74 Å². The van der Waals surface area contributed by atoms with Crippen LogP contribution in [0, 0.1) is 6.42 Å². The summed E-state index contributed by atoms with van der Waals surface area (Å²) in [4.78, 5) is 10.5. The molecule has 0 spiro atoms. The molecule has 1 unspecified atom stereocenters. The topological polar surface area (TPSA) is 26.3 Å². The third kappa shape index (κ3) is 1.16. The van der Waals surface area contributed by atoms with E-state index in [0.717, 1.165) is 6.29 Å². The number of carbonyl (C=O) groups is 1. The molecule has 0 aromatic rings. The minimum Gasteiger partial charge on any atom is -0.366 e. The van der Waals surface area contributed by atoms with Gasteiger partial charge in [0.25, 0.3) is 0 Å². The molecule has 53 valence electrons. The van der Waals surface area contributed by atoms with E-state index in [1.807, 2.05) is 6.08 Å². The van der Waals surface area contributed by atoms with Gasteiger partial charge in [0.1, 0.15) is 5.60 Å². The minimum atomic E-state index is -0.811. The van der Waals surface area contributed by atoms with Crippen LogP contribution in [-0.2, 0) is 9.53 Å². The molecule has 2 nitrogen and oxygen atoms in total. The summed E-state index contributed by atoms with van der Waals surface area (Å²) >= 11 is 0. The van der Waals surface area contributed by atoms with Crippen molar-refractivity contribution in [3.63, 3.8) is 0 Å². The van der Waals surface area contributed by atoms with Crippen molar-refractivity contribution in [2.24, 2.45) is 0 Å². The van der Waals surface area contributed by atoms with Gasteiger partial charge in [0.15, 0.2) is 6.29 Å². The van der Waals surface area contributed by atoms with E-state index in [-0.39, 0.29) is 0 Å². The maximum atomic E-state index is 10.5. The van der Waals surface area contributed by atoms with Gasteiger partial charge in [0, 0.05) is 13.5 Å². The quantitative estimate of drug-likeness (QED) is 0.528. The summed E-state index contributed by atoms with van der Waals surface area (Å²) in [5.41, 5.74) is -0.811. The van der Waals surface area contributed by atoms with Crippen LogP contribution < -0.4 is 0 Å². The fourth-order valence-corrected chi connectivity index (χ4v) is 0.794. The minimum absolute atomic E-state index is 0.771. The maximum absolute atomic E-state index is 10.5. The summed E-state index contributed by atoms with van der Waals surface area (Å²) in [5.74, 6) is 0. The maximum Gasteiger partial charge on any atom is 0.156 e. The average Bonchev–Trinajstić information content (AvgIpc) is 2.06. The van der Waals surface area contributed by atoms with E-state index < -0.39 is 5.60 Å². The van der Waals surface area contributed by atoms with Gasteiger partial charge in [-0.15, -0.1) is 0 Å². The highest BCUT2D eigenvalue weighted by molar-refractivity contribution is 5.70. The molecule has 0 fully saturated rings. The molecule has 0 aromatic carbocycles. The summed E-state index contributed by atoms with van der Waals surface area (Å²) in [6.07, 6.45) is 9.61. The van der Waals surface area contributed by atoms with Crippen molar-refractivity contribution >= 4 is 6.29 Å². The summed E-state index contributed by atoms with van der Waals surface area (Å²) in [7, 11) is 1.51. The van der Waals surface area contributed by atoms with Crippen LogP contribution in [0.25, 0.3) is 0 Å². The first-order valence-electron chi connectivity index (χ1n) is 3.05. The molecule has 2 heteroatoms. The number of methoxy groups -OCH3 is 1. The lowest BCUT2D eigenvalue weighted by molar-refractivity contribution is -0.119. The lowest BCUT2D eigenvalue weighted by Crippen LogP contribution is -2.31. The Balaban J connectivity index is 2.75. The molecule has 0 saturated heterocycles. The molecule has 1 aliphatic rings. The van der Waals surface area contributed by atoms with E-state index >= 15 is 0 Å². The van der Waals surface area contributed by atoms with Gasteiger partial charge >= 0.3 is 0 Å². The summed E-state index contributed by atoms with van der Waals surface area (Å²) in [5, 5.41) is 0. The van der Waals surface area contributed by atoms with E-state index in [9.17, 15) is 4.79 Å². The normalized spacial score (nSPS) is 30.5. The van der Waals surface area contributed by atoms with Crippen molar-refractivity contribution in [3.05, 3.63) is 30.7 Å². The van der Waals surface area contributed by atoms with Gasteiger partial charge in [-0.3, -0.25) is 4.79 Å². The number of hydrogen-bond acceptors (Lipinski definition) is 2. The second-order valence-corrected chi connectivity index (χ2v) is 2.09. The molecule has 1 rings (SSSR count). The Labute approximate surface area is 60.2 Å². The molecular weight excluding hydrogens is 128 g/mol. The van der Waals surface area contributed by atoms with Crippen LogP contribution in [0.5, 0.6) is 0 Å². The van der Waals surface area contributed by atoms with Gasteiger partial charge in [-0.05, 0) is 6.08 Å². The van der Waals surface area contributed by atoms with Crippen LogP contribution in [-0.4, -0.2) is 19.0 Å². The second kappa shape index (κ2) is 2.80. The number of hydrogen-bond donors (Lipinski definition) is 0. The van der Waals surface area contributed by atoms with Gasteiger partial charge in [-0.2, -0.15) is 0 Å². The van der Waals surface area contributed by atoms with Gasteiger partial charge in [-0.25, -0.2) is 0 Å². The summed E-state index contributed by atoms with van der Waals surface area (Å²) in [6, 6.07) is 0. The fourth-order valence-electron chi connectivity index (χ4n) is 0.794. The molecule has 1 atom stereocenters. The lowest BCUT2D eigenvalue weighted by Gasteiger charge is -2.21. The molecule has 10 heavy (non-hydrogen) atoms. The van der Waals surface area contributed by atoms with Crippen molar-refractivity contribution in [1.82, 2.24) is 0 Å². The van der Waals surface area contributed by atoms with Crippen LogP contribution in [0.1, 0.15) is 0 Å². The molecule has 0 aliphatic heterocycles. The largest absolute Gasteiger partial charge is 0.366 e. The third-order valence-corrected chi connectivity index (χ3v) is 1.47. The van der Waals surface area contributed by atoms with Gasteiger partial charge < -0.3 is 4.74 Å². The van der Waals surface area contributed by atoms with Crippen molar-refractivity contribution in [2.45, 2.75) is 5.60 Å². The highest BCUT2D eigenvalue weighted by Crippen LogP contribution is 2.17. The lowest BCUT2D eigenvalue weighted by atomic mass is 9.97. The zero-order valence-electron chi connectivity index (χ0n) is 5.78. The van der Waals surface area contributed by atoms with Crippen molar-refractivity contribution < 1.29 is 9.53 Å². The van der Waals surface area contributed by atoms with E-state index in [2.05, 4.69) is 0 Å². The molecule has 0 N–H and O–H groups in total. The molecule has 0 aromatic heterocycles. The number of allylic oxidation sites excluding steroid dienone is 2. The SMILES string of the molecule is COC1(C=O)[CH]C=CC=C1. The molecular formula is C8H9O2. The van der Waals surface area contributed by atoms with E-state index in [1.54, 1.807) is 24.6 Å². The van der Waals surface area contributed by atoms with Crippen LogP contribution >= 0.6 is 0 Å². The highest BCUT2D eigenvalue weighted by atomic mass is 16.5. The van der Waals surface area contributed by atoms with Crippen LogP contribution in [0.4, 0.5) is 0 Å². The monoisotopic (exact) mass is 137 g/mol. The second-order valence-electron chi connectivity index (χ2n) is 2.09. The van der Waals surface area contributed by atoms with Crippen LogP contribution in [0.3, 0.4) is 0 Å². The molecule has 0 saturated carbocycles. The Morgan fingerprint density at radius 1 is 1.40 bits per heavy atom. The predicted octanol–water partition coefficient (Wildman–Crippen LogP) is 0.901. The zero-order valence-corrected chi connectivity index (χ0v) is 5.78. The number of carbonyl (C=O) groups excluding carboxylic acids is 1. The first-order valence-corrected chi connectivity index (χ1v) is 3.05. The van der Waals surface area contributed by atoms with Crippen molar-refractivity contribution in [3.8, 4) is 0 Å². The summed E-state index contributed by atoms with van der Waals surface area (Å²) in [6.45, 7) is 0. The van der Waals surface area contributed by atoms with Gasteiger partial charge in [0.2, 0.25) is 0 Å². The Hall–Kier alpha value is -0.890. The average molecular weight is 137 g/mol. The number of aldehydes is 1. The Morgan fingerprint density at radius 3 is 2.50 bits per heavy atom. The Bertz CT molecular complexity index is 182. The first-order chi connectivity index (χ1) is 4.83. The molecule has 0 bridgehead atoms. The van der Waals surface area contributed by atoms with Crippen LogP contribution in [0.2, 0.25) is 0 Å². The number of ether oxygens (including phenoxy) is 1. The first kappa shape index (κ1) is 7.22. The third-order valence-electron chi connectivity index (χ3n) is 1.47. The summed E-state index contributed by atoms with van der Waals surface area (Å²) < 4.78 is 4.97. The smallest absolute Gasteiger partial charge is 0.156 e. The van der Waals surface area contributed by atoms with Crippen molar-refractivity contribution in [2.75, 3.05) is 7.11 Å². The Kier molecular flexibility index (Phi) is 2.02. The molecule has 0 heterocycles.